The van der Waals surface area contributed by atoms with Crippen molar-refractivity contribution >= 4 is 12.6 Å². The number of hydrogen-bond donors (Lipinski definition) is 1. The van der Waals surface area contributed by atoms with E-state index >= 15 is 0 Å². The summed E-state index contributed by atoms with van der Waals surface area (Å²) < 4.78 is 5.10. The fraction of sp³-hybridized carbons (Fsp3) is 1.00. The van der Waals surface area contributed by atoms with Crippen LogP contribution >= 0.6 is 12.6 Å². The SMILES string of the molecule is C.SC[C@H]1CCOC1. The molecule has 0 aromatic heterocycles. The third-order valence-corrected chi connectivity index (χ3v) is 1.80. The normalized spacial score (nSPS) is 27.4. The molecule has 1 saturated heterocycles. The molecule has 1 heterocycles. The monoisotopic (exact) mass is 134 g/mol. The number of thiol groups is 1. The van der Waals surface area contributed by atoms with Crippen LogP contribution in [0.15, 0.2) is 0 Å². The standard InChI is InChI=1S/C5H10OS.CH4/c7-4-5-1-2-6-3-5;/h5,7H,1-4H2;1H4/t5-;/m0./s1. The third-order valence-electron chi connectivity index (χ3n) is 1.28. The summed E-state index contributed by atoms with van der Waals surface area (Å²) in [7, 11) is 0. The maximum atomic E-state index is 5.10. The van der Waals surface area contributed by atoms with Gasteiger partial charge in [-0.25, -0.2) is 0 Å². The molecule has 0 bridgehead atoms. The Kier molecular flexibility index (Phi) is 4.38. The molecule has 2 heteroatoms. The van der Waals surface area contributed by atoms with Crippen molar-refractivity contribution in [2.75, 3.05) is 19.0 Å². The van der Waals surface area contributed by atoms with Crippen molar-refractivity contribution in [2.45, 2.75) is 13.8 Å². The van der Waals surface area contributed by atoms with Crippen LogP contribution in [0, 0.1) is 5.92 Å². The topological polar surface area (TPSA) is 9.23 Å². The van der Waals surface area contributed by atoms with Crippen molar-refractivity contribution in [2.24, 2.45) is 5.92 Å². The van der Waals surface area contributed by atoms with Gasteiger partial charge in [-0.15, -0.1) is 0 Å². The Hall–Kier alpha value is 0.310. The molecule has 0 spiro atoms. The van der Waals surface area contributed by atoms with E-state index in [1.165, 1.54) is 6.42 Å². The Morgan fingerprint density at radius 2 is 2.38 bits per heavy atom. The maximum Gasteiger partial charge on any atom is 0.0502 e. The Morgan fingerprint density at radius 3 is 2.62 bits per heavy atom. The first kappa shape index (κ1) is 8.31. The highest BCUT2D eigenvalue weighted by atomic mass is 32.1. The molecule has 0 unspecified atom stereocenters. The van der Waals surface area contributed by atoms with E-state index in [9.17, 15) is 0 Å². The zero-order valence-electron chi connectivity index (χ0n) is 4.26. The summed E-state index contributed by atoms with van der Waals surface area (Å²) in [5.41, 5.74) is 0. The van der Waals surface area contributed by atoms with Gasteiger partial charge in [0.1, 0.15) is 0 Å². The lowest BCUT2D eigenvalue weighted by molar-refractivity contribution is 0.189. The molecule has 1 rings (SSSR count). The van der Waals surface area contributed by atoms with Crippen LogP contribution in [-0.2, 0) is 4.74 Å². The quantitative estimate of drug-likeness (QED) is 0.536. The lowest BCUT2D eigenvalue weighted by Gasteiger charge is -1.96. The van der Waals surface area contributed by atoms with Gasteiger partial charge < -0.3 is 4.74 Å². The maximum absolute atomic E-state index is 5.10. The van der Waals surface area contributed by atoms with E-state index in [-0.39, 0.29) is 7.43 Å². The molecule has 0 saturated carbocycles. The van der Waals surface area contributed by atoms with Gasteiger partial charge in [-0.1, -0.05) is 7.43 Å². The molecular formula is C6H14OS. The van der Waals surface area contributed by atoms with Gasteiger partial charge in [0.25, 0.3) is 0 Å². The smallest absolute Gasteiger partial charge is 0.0502 e. The fourth-order valence-corrected chi connectivity index (χ4v) is 1.02. The molecule has 0 aliphatic carbocycles. The third kappa shape index (κ3) is 2.05. The van der Waals surface area contributed by atoms with Crippen LogP contribution in [0.3, 0.4) is 0 Å². The van der Waals surface area contributed by atoms with E-state index in [0.717, 1.165) is 24.9 Å². The minimum absolute atomic E-state index is 0. The first-order valence-electron chi connectivity index (χ1n) is 2.62. The van der Waals surface area contributed by atoms with Crippen molar-refractivity contribution in [3.05, 3.63) is 0 Å². The average molecular weight is 134 g/mol. The van der Waals surface area contributed by atoms with Crippen molar-refractivity contribution < 1.29 is 4.74 Å². The van der Waals surface area contributed by atoms with Crippen LogP contribution in [-0.4, -0.2) is 19.0 Å². The molecule has 0 aromatic rings. The molecule has 8 heavy (non-hydrogen) atoms. The number of rotatable bonds is 1. The number of hydrogen-bond acceptors (Lipinski definition) is 2. The molecule has 0 radical (unpaired) electrons. The van der Waals surface area contributed by atoms with Crippen LogP contribution in [0.4, 0.5) is 0 Å². The van der Waals surface area contributed by atoms with E-state index in [1.54, 1.807) is 0 Å². The van der Waals surface area contributed by atoms with Crippen LogP contribution in [0.5, 0.6) is 0 Å². The van der Waals surface area contributed by atoms with E-state index in [1.807, 2.05) is 0 Å². The van der Waals surface area contributed by atoms with Crippen molar-refractivity contribution in [3.8, 4) is 0 Å². The van der Waals surface area contributed by atoms with E-state index < -0.39 is 0 Å². The Morgan fingerprint density at radius 1 is 1.62 bits per heavy atom. The van der Waals surface area contributed by atoms with Gasteiger partial charge >= 0.3 is 0 Å². The molecule has 1 atom stereocenters. The van der Waals surface area contributed by atoms with Gasteiger partial charge in [0.2, 0.25) is 0 Å². The zero-order valence-corrected chi connectivity index (χ0v) is 5.16. The summed E-state index contributed by atoms with van der Waals surface area (Å²) in [5.74, 6) is 1.73. The summed E-state index contributed by atoms with van der Waals surface area (Å²) in [5, 5.41) is 0. The second-order valence-corrected chi connectivity index (χ2v) is 2.28. The number of ether oxygens (including phenoxy) is 1. The van der Waals surface area contributed by atoms with E-state index in [0.29, 0.717) is 0 Å². The highest BCUT2D eigenvalue weighted by Gasteiger charge is 2.12. The van der Waals surface area contributed by atoms with Crippen molar-refractivity contribution in [1.29, 1.82) is 0 Å². The van der Waals surface area contributed by atoms with Gasteiger partial charge in [0.15, 0.2) is 0 Å². The molecule has 1 fully saturated rings. The van der Waals surface area contributed by atoms with E-state index in [2.05, 4.69) is 12.6 Å². The van der Waals surface area contributed by atoms with Crippen LogP contribution < -0.4 is 0 Å². The minimum atomic E-state index is 0. The lowest BCUT2D eigenvalue weighted by atomic mass is 10.2. The predicted octanol–water partition coefficient (Wildman–Crippen LogP) is 1.59. The largest absolute Gasteiger partial charge is 0.381 e. The summed E-state index contributed by atoms with van der Waals surface area (Å²) >= 11 is 4.14. The van der Waals surface area contributed by atoms with Gasteiger partial charge in [0.05, 0.1) is 6.61 Å². The van der Waals surface area contributed by atoms with E-state index in [4.69, 9.17) is 4.74 Å². The average Bonchev–Trinajstić information content (AvgIpc) is 2.14. The zero-order chi connectivity index (χ0) is 5.11. The summed E-state index contributed by atoms with van der Waals surface area (Å²) in [6.07, 6.45) is 1.21. The summed E-state index contributed by atoms with van der Waals surface area (Å²) in [4.78, 5) is 0. The van der Waals surface area contributed by atoms with Crippen LogP contribution in [0.2, 0.25) is 0 Å². The second kappa shape index (κ2) is 4.21. The van der Waals surface area contributed by atoms with Crippen LogP contribution in [0.1, 0.15) is 13.8 Å². The second-order valence-electron chi connectivity index (χ2n) is 1.91. The van der Waals surface area contributed by atoms with Crippen molar-refractivity contribution in [1.82, 2.24) is 0 Å². The molecule has 1 aliphatic rings. The Balaban J connectivity index is 0.000000490. The minimum Gasteiger partial charge on any atom is -0.381 e. The van der Waals surface area contributed by atoms with Gasteiger partial charge in [-0.05, 0) is 18.1 Å². The first-order valence-corrected chi connectivity index (χ1v) is 3.25. The van der Waals surface area contributed by atoms with Gasteiger partial charge in [0, 0.05) is 6.61 Å². The molecule has 0 amide bonds. The summed E-state index contributed by atoms with van der Waals surface area (Å²) in [6.45, 7) is 1.88. The predicted molar refractivity (Wildman–Crippen MR) is 39.5 cm³/mol. The highest BCUT2D eigenvalue weighted by Crippen LogP contribution is 2.12. The van der Waals surface area contributed by atoms with Crippen LogP contribution in [0.25, 0.3) is 0 Å². The lowest BCUT2D eigenvalue weighted by Crippen LogP contribution is -1.98. The molecular weight excluding hydrogens is 120 g/mol. The Bertz CT molecular complexity index is 50.5. The summed E-state index contributed by atoms with van der Waals surface area (Å²) in [6, 6.07) is 0. The molecule has 50 valence electrons. The molecule has 0 aromatic carbocycles. The molecule has 0 N–H and O–H groups in total. The highest BCUT2D eigenvalue weighted by molar-refractivity contribution is 7.80. The van der Waals surface area contributed by atoms with Gasteiger partial charge in [-0.3, -0.25) is 0 Å². The van der Waals surface area contributed by atoms with Crippen molar-refractivity contribution in [3.63, 3.8) is 0 Å². The van der Waals surface area contributed by atoms with Gasteiger partial charge in [-0.2, -0.15) is 12.6 Å². The molecule has 1 aliphatic heterocycles. The Labute approximate surface area is 56.8 Å². The first-order chi connectivity index (χ1) is 3.43. The molecule has 1 nitrogen and oxygen atoms in total. The fourth-order valence-electron chi connectivity index (χ4n) is 0.727.